The molecular weight excluding hydrogens is 782 g/mol. The minimum atomic E-state index is -0.791. The number of ether oxygens (including phenoxy) is 4. The third kappa shape index (κ3) is 15.7. The number of halogens is 3. The average molecular weight is 835 g/mol. The first kappa shape index (κ1) is 45.8. The molecule has 0 heterocycles. The molecule has 61 heavy (non-hydrogen) atoms. The Labute approximate surface area is 356 Å². The van der Waals surface area contributed by atoms with Gasteiger partial charge in [0.2, 0.25) is 0 Å². The molecule has 5 rings (SSSR count). The van der Waals surface area contributed by atoms with E-state index in [-0.39, 0.29) is 34.0 Å². The lowest BCUT2D eigenvalue weighted by molar-refractivity contribution is 0.0732. The Hall–Kier alpha value is -6.23. The van der Waals surface area contributed by atoms with E-state index < -0.39 is 29.4 Å². The zero-order chi connectivity index (χ0) is 43.2. The van der Waals surface area contributed by atoms with E-state index >= 15 is 0 Å². The Morgan fingerprint density at radius 3 is 1.26 bits per heavy atom. The van der Waals surface area contributed by atoms with Gasteiger partial charge < -0.3 is 18.9 Å². The zero-order valence-corrected chi connectivity index (χ0v) is 34.8. The molecule has 0 unspecified atom stereocenters. The van der Waals surface area contributed by atoms with Gasteiger partial charge >= 0.3 is 11.9 Å². The van der Waals surface area contributed by atoms with Crippen molar-refractivity contribution in [2.45, 2.75) is 90.9 Å². The smallest absolute Gasteiger partial charge is 0.343 e. The lowest BCUT2D eigenvalue weighted by Crippen LogP contribution is -2.11. The lowest BCUT2D eigenvalue weighted by atomic mass is 10.1. The van der Waals surface area contributed by atoms with Crippen molar-refractivity contribution >= 4 is 35.7 Å². The summed E-state index contributed by atoms with van der Waals surface area (Å²) in [7, 11) is 0. The van der Waals surface area contributed by atoms with Crippen molar-refractivity contribution in [1.29, 1.82) is 0 Å². The Morgan fingerprint density at radius 1 is 0.475 bits per heavy atom. The van der Waals surface area contributed by atoms with Crippen molar-refractivity contribution in [1.82, 2.24) is 0 Å². The van der Waals surface area contributed by atoms with Crippen LogP contribution < -0.4 is 18.9 Å². The van der Waals surface area contributed by atoms with Crippen molar-refractivity contribution in [3.8, 4) is 23.0 Å². The van der Waals surface area contributed by atoms with Gasteiger partial charge in [-0.05, 0) is 72.5 Å². The van der Waals surface area contributed by atoms with Crippen LogP contribution in [0, 0.1) is 17.5 Å². The molecule has 0 spiro atoms. The number of unbranched alkanes of at least 4 members (excludes halogenated alkanes) is 10. The molecule has 0 saturated carbocycles. The van der Waals surface area contributed by atoms with E-state index in [0.717, 1.165) is 37.8 Å². The van der Waals surface area contributed by atoms with E-state index in [9.17, 15) is 22.8 Å². The molecule has 0 bridgehead atoms. The van der Waals surface area contributed by atoms with Gasteiger partial charge in [0, 0.05) is 42.8 Å². The molecule has 0 radical (unpaired) electrons. The van der Waals surface area contributed by atoms with Crippen LogP contribution in [0.25, 0.3) is 0 Å². The molecule has 0 saturated heterocycles. The normalized spacial score (nSPS) is 11.3. The predicted octanol–water partition coefficient (Wildman–Crippen LogP) is 13.5. The van der Waals surface area contributed by atoms with Gasteiger partial charge in [-0.15, -0.1) is 0 Å². The van der Waals surface area contributed by atoms with Crippen LogP contribution in [-0.4, -0.2) is 37.6 Å². The molecule has 5 aromatic rings. The minimum Gasteiger partial charge on any atom is -0.493 e. The molecule has 11 heteroatoms. The van der Waals surface area contributed by atoms with Crippen molar-refractivity contribution in [2.75, 3.05) is 13.2 Å². The van der Waals surface area contributed by atoms with Gasteiger partial charge in [-0.3, -0.25) is 9.98 Å². The fourth-order valence-corrected chi connectivity index (χ4v) is 6.19. The second-order valence-corrected chi connectivity index (χ2v) is 14.6. The highest BCUT2D eigenvalue weighted by atomic mass is 19.1. The topological polar surface area (TPSA) is 95.8 Å². The van der Waals surface area contributed by atoms with E-state index in [0.29, 0.717) is 35.8 Å². The molecule has 0 aliphatic carbocycles. The quantitative estimate of drug-likeness (QED) is 0.0266. The van der Waals surface area contributed by atoms with Gasteiger partial charge in [0.1, 0.15) is 28.8 Å². The molecule has 5 aromatic carbocycles. The molecule has 0 atom stereocenters. The Kier molecular flexibility index (Phi) is 18.6. The standard InChI is InChI=1S/C50H53F3N2O6/c1-3-5-7-9-11-13-27-58-41-23-25-47(45(52)32-41)54-34-36-15-19-38(20-16-36)49(56)60-43-29-40(51)30-44(31-43)61-50(57)39-21-17-37(18-22-39)35-55-48-26-24-42(33-46(48)53)59-28-14-12-10-8-6-4-2/h15-26,29-35H,3-14,27-28H2,1-2H3. The molecule has 8 nitrogen and oxygen atoms in total. The third-order valence-corrected chi connectivity index (χ3v) is 9.64. The first-order valence-electron chi connectivity index (χ1n) is 21.1. The summed E-state index contributed by atoms with van der Waals surface area (Å²) >= 11 is 0. The van der Waals surface area contributed by atoms with Crippen LogP contribution in [0.1, 0.15) is 123 Å². The van der Waals surface area contributed by atoms with Gasteiger partial charge in [-0.25, -0.2) is 22.8 Å². The largest absolute Gasteiger partial charge is 0.493 e. The van der Waals surface area contributed by atoms with Gasteiger partial charge in [-0.2, -0.15) is 0 Å². The number of carbonyl (C=O) groups is 2. The van der Waals surface area contributed by atoms with Crippen molar-refractivity contribution < 1.29 is 41.7 Å². The second kappa shape index (κ2) is 24.8. The van der Waals surface area contributed by atoms with Crippen LogP contribution in [0.5, 0.6) is 23.0 Å². The fraction of sp³-hybridized carbons (Fsp3) is 0.320. The minimum absolute atomic E-state index is 0.139. The summed E-state index contributed by atoms with van der Waals surface area (Å²) in [5.41, 5.74) is 1.80. The Bertz CT molecular complexity index is 2070. The van der Waals surface area contributed by atoms with Crippen LogP contribution in [0.2, 0.25) is 0 Å². The number of esters is 2. The Balaban J connectivity index is 1.08. The van der Waals surface area contributed by atoms with Gasteiger partial charge in [0.15, 0.2) is 11.6 Å². The highest BCUT2D eigenvalue weighted by Crippen LogP contribution is 2.27. The fourth-order valence-electron chi connectivity index (χ4n) is 6.19. The Morgan fingerprint density at radius 2 is 0.869 bits per heavy atom. The zero-order valence-electron chi connectivity index (χ0n) is 34.8. The van der Waals surface area contributed by atoms with Crippen LogP contribution in [0.4, 0.5) is 24.5 Å². The van der Waals surface area contributed by atoms with Gasteiger partial charge in [0.05, 0.1) is 35.7 Å². The van der Waals surface area contributed by atoms with Crippen molar-refractivity contribution in [2.24, 2.45) is 9.98 Å². The number of aliphatic imine (C=N–C) groups is 2. The SMILES string of the molecule is CCCCCCCCOc1ccc(N=Cc2ccc(C(=O)Oc3cc(F)cc(OC(=O)c4ccc(C=Nc5ccc(OCCCCCCCC)cc5F)cc4)c3)cc2)c(F)c1. The molecule has 0 amide bonds. The number of rotatable bonds is 24. The molecule has 0 aliphatic heterocycles. The van der Waals surface area contributed by atoms with E-state index in [1.54, 1.807) is 48.5 Å². The number of benzene rings is 5. The van der Waals surface area contributed by atoms with Gasteiger partial charge in [-0.1, -0.05) is 102 Å². The van der Waals surface area contributed by atoms with E-state index in [2.05, 4.69) is 23.8 Å². The van der Waals surface area contributed by atoms with E-state index in [1.807, 2.05) is 0 Å². The first-order chi connectivity index (χ1) is 29.7. The predicted molar refractivity (Wildman–Crippen MR) is 234 cm³/mol. The molecular formula is C50H53F3N2O6. The van der Waals surface area contributed by atoms with Crippen LogP contribution in [0.3, 0.4) is 0 Å². The summed E-state index contributed by atoms with van der Waals surface area (Å²) in [6, 6.07) is 24.7. The van der Waals surface area contributed by atoms with Crippen LogP contribution >= 0.6 is 0 Å². The number of hydrogen-bond acceptors (Lipinski definition) is 8. The lowest BCUT2D eigenvalue weighted by Gasteiger charge is -2.09. The monoisotopic (exact) mass is 834 g/mol. The summed E-state index contributed by atoms with van der Waals surface area (Å²) in [5, 5.41) is 0. The molecule has 0 fully saturated rings. The van der Waals surface area contributed by atoms with Crippen LogP contribution in [0.15, 0.2) is 113 Å². The highest BCUT2D eigenvalue weighted by Gasteiger charge is 2.15. The third-order valence-electron chi connectivity index (χ3n) is 9.64. The number of carbonyl (C=O) groups excluding carboxylic acids is 2. The maximum atomic E-state index is 14.7. The van der Waals surface area contributed by atoms with E-state index in [4.69, 9.17) is 18.9 Å². The van der Waals surface area contributed by atoms with Crippen LogP contribution in [-0.2, 0) is 0 Å². The summed E-state index contributed by atoms with van der Waals surface area (Å²) in [5.74, 6) is -2.83. The number of hydrogen-bond donors (Lipinski definition) is 0. The molecule has 0 N–H and O–H groups in total. The van der Waals surface area contributed by atoms with Gasteiger partial charge in [0.25, 0.3) is 0 Å². The summed E-state index contributed by atoms with van der Waals surface area (Å²) in [4.78, 5) is 34.3. The second-order valence-electron chi connectivity index (χ2n) is 14.6. The summed E-state index contributed by atoms with van der Waals surface area (Å²) in [6.45, 7) is 5.42. The first-order valence-corrected chi connectivity index (χ1v) is 21.1. The average Bonchev–Trinajstić information content (AvgIpc) is 3.25. The van der Waals surface area contributed by atoms with Crippen molar-refractivity contribution in [3.63, 3.8) is 0 Å². The van der Waals surface area contributed by atoms with E-state index in [1.165, 1.54) is 106 Å². The summed E-state index contributed by atoms with van der Waals surface area (Å²) < 4.78 is 66.1. The molecule has 0 aromatic heterocycles. The molecule has 0 aliphatic rings. The maximum Gasteiger partial charge on any atom is 0.343 e. The van der Waals surface area contributed by atoms with Crippen molar-refractivity contribution in [3.05, 3.63) is 143 Å². The number of nitrogens with zero attached hydrogens (tertiary/aromatic N) is 2. The maximum absolute atomic E-state index is 14.7. The molecule has 320 valence electrons. The summed E-state index contributed by atoms with van der Waals surface area (Å²) in [6.07, 6.45) is 16.6. The highest BCUT2D eigenvalue weighted by molar-refractivity contribution is 5.93.